The van der Waals surface area contributed by atoms with Crippen LogP contribution in [-0.2, 0) is 14.4 Å². The van der Waals surface area contributed by atoms with Crippen LogP contribution in [0.1, 0.15) is 25.7 Å². The van der Waals surface area contributed by atoms with E-state index < -0.39 is 37.2 Å². The molecule has 0 aromatic rings. The predicted octanol–water partition coefficient (Wildman–Crippen LogP) is -0.613. The van der Waals surface area contributed by atoms with Gasteiger partial charge in [-0.2, -0.15) is 0 Å². The molecule has 0 fully saturated rings. The molecular formula is C10H18N2O6. The van der Waals surface area contributed by atoms with Gasteiger partial charge in [0.15, 0.2) is 0 Å². The van der Waals surface area contributed by atoms with Gasteiger partial charge in [-0.1, -0.05) is 0 Å². The normalized spacial score (nSPS) is 12.3. The minimum atomic E-state index is -1.16. The molecule has 0 amide bonds. The zero-order valence-electron chi connectivity index (χ0n) is 9.91. The Hall–Kier alpha value is -1.67. The molecule has 8 heteroatoms. The Morgan fingerprint density at radius 1 is 0.944 bits per heavy atom. The smallest absolute Gasteiger partial charge is 0.317 e. The number of carbonyl (C=O) groups is 3. The second-order valence-corrected chi connectivity index (χ2v) is 3.90. The van der Waals surface area contributed by atoms with Crippen LogP contribution in [0.5, 0.6) is 0 Å². The molecule has 0 spiro atoms. The van der Waals surface area contributed by atoms with Gasteiger partial charge in [0.05, 0.1) is 19.3 Å². The third-order valence-electron chi connectivity index (χ3n) is 2.29. The van der Waals surface area contributed by atoms with E-state index in [1.54, 1.807) is 0 Å². The number of carboxylic acids is 3. The van der Waals surface area contributed by atoms with Gasteiger partial charge >= 0.3 is 17.9 Å². The van der Waals surface area contributed by atoms with Crippen molar-refractivity contribution in [3.63, 3.8) is 0 Å². The molecule has 0 heterocycles. The predicted molar refractivity (Wildman–Crippen MR) is 60.9 cm³/mol. The third-order valence-corrected chi connectivity index (χ3v) is 2.29. The van der Waals surface area contributed by atoms with Gasteiger partial charge < -0.3 is 21.1 Å². The highest BCUT2D eigenvalue weighted by atomic mass is 16.4. The van der Waals surface area contributed by atoms with E-state index in [4.69, 9.17) is 21.1 Å². The zero-order valence-corrected chi connectivity index (χ0v) is 9.91. The number of nitrogens with zero attached hydrogens (tertiary/aromatic N) is 1. The van der Waals surface area contributed by atoms with Crippen LogP contribution in [0.15, 0.2) is 0 Å². The van der Waals surface area contributed by atoms with Gasteiger partial charge in [-0.25, -0.2) is 0 Å². The summed E-state index contributed by atoms with van der Waals surface area (Å²) in [5.41, 5.74) is 5.68. The average molecular weight is 262 g/mol. The minimum absolute atomic E-state index is 0.0184. The number of unbranched alkanes of at least 4 members (excludes halogenated alkanes) is 1. The summed E-state index contributed by atoms with van der Waals surface area (Å²) in [5, 5.41) is 25.7. The van der Waals surface area contributed by atoms with Crippen LogP contribution in [-0.4, -0.2) is 57.4 Å². The fourth-order valence-electron chi connectivity index (χ4n) is 1.45. The molecule has 0 saturated carbocycles. The van der Waals surface area contributed by atoms with E-state index in [0.717, 1.165) is 4.90 Å². The van der Waals surface area contributed by atoms with Crippen LogP contribution in [0.25, 0.3) is 0 Å². The van der Waals surface area contributed by atoms with Gasteiger partial charge in [0.1, 0.15) is 0 Å². The summed E-state index contributed by atoms with van der Waals surface area (Å²) in [5.74, 6) is -3.22. The van der Waals surface area contributed by atoms with Crippen molar-refractivity contribution in [3.05, 3.63) is 0 Å². The van der Waals surface area contributed by atoms with Gasteiger partial charge in [0.2, 0.25) is 0 Å². The molecule has 0 aliphatic carbocycles. The molecule has 0 aliphatic heterocycles. The highest BCUT2D eigenvalue weighted by Crippen LogP contribution is 2.06. The largest absolute Gasteiger partial charge is 0.481 e. The lowest BCUT2D eigenvalue weighted by Crippen LogP contribution is -2.47. The lowest BCUT2D eigenvalue weighted by Gasteiger charge is -2.25. The standard InChI is InChI=1S/C10H18N2O6/c11-7(3-1-2-4-8(13)14)12(5-9(15)16)6-10(17)18/h7H,1-6,11H2,(H,13,14)(H,15,16)(H,17,18). The number of carboxylic acid groups (broad SMARTS) is 3. The second-order valence-electron chi connectivity index (χ2n) is 3.90. The Morgan fingerprint density at radius 2 is 1.44 bits per heavy atom. The molecule has 1 unspecified atom stereocenters. The molecule has 104 valence electrons. The van der Waals surface area contributed by atoms with Gasteiger partial charge in [-0.15, -0.1) is 0 Å². The van der Waals surface area contributed by atoms with E-state index >= 15 is 0 Å². The van der Waals surface area contributed by atoms with E-state index in [-0.39, 0.29) is 6.42 Å². The van der Waals surface area contributed by atoms with Crippen molar-refractivity contribution in [1.82, 2.24) is 4.90 Å². The minimum Gasteiger partial charge on any atom is -0.481 e. The summed E-state index contributed by atoms with van der Waals surface area (Å²) in [6, 6.07) is 0. The number of nitrogens with two attached hydrogens (primary N) is 1. The molecule has 5 N–H and O–H groups in total. The number of hydrogen-bond acceptors (Lipinski definition) is 5. The maximum absolute atomic E-state index is 10.5. The van der Waals surface area contributed by atoms with E-state index in [2.05, 4.69) is 0 Å². The van der Waals surface area contributed by atoms with E-state index in [0.29, 0.717) is 19.3 Å². The van der Waals surface area contributed by atoms with Crippen LogP contribution in [0, 0.1) is 0 Å². The molecule has 18 heavy (non-hydrogen) atoms. The maximum atomic E-state index is 10.5. The van der Waals surface area contributed by atoms with Crippen molar-refractivity contribution in [2.45, 2.75) is 31.8 Å². The first-order chi connectivity index (χ1) is 8.32. The summed E-state index contributed by atoms with van der Waals surface area (Å²) in [6.45, 7) is -0.904. The summed E-state index contributed by atoms with van der Waals surface area (Å²) in [4.78, 5) is 32.5. The van der Waals surface area contributed by atoms with Crippen molar-refractivity contribution >= 4 is 17.9 Å². The van der Waals surface area contributed by atoms with Crippen LogP contribution in [0.2, 0.25) is 0 Å². The first-order valence-corrected chi connectivity index (χ1v) is 5.48. The summed E-state index contributed by atoms with van der Waals surface area (Å²) >= 11 is 0. The molecule has 0 saturated heterocycles. The van der Waals surface area contributed by atoms with Gasteiger partial charge in [0, 0.05) is 6.42 Å². The molecule has 8 nitrogen and oxygen atoms in total. The quantitative estimate of drug-likeness (QED) is 0.301. The van der Waals surface area contributed by atoms with Crippen molar-refractivity contribution in [1.29, 1.82) is 0 Å². The molecular weight excluding hydrogens is 244 g/mol. The molecule has 0 rings (SSSR count). The highest BCUT2D eigenvalue weighted by molar-refractivity contribution is 5.72. The van der Waals surface area contributed by atoms with Crippen LogP contribution >= 0.6 is 0 Å². The fourth-order valence-corrected chi connectivity index (χ4v) is 1.45. The van der Waals surface area contributed by atoms with Crippen molar-refractivity contribution in [3.8, 4) is 0 Å². The summed E-state index contributed by atoms with van der Waals surface area (Å²) in [6.07, 6.45) is 0.601. The monoisotopic (exact) mass is 262 g/mol. The maximum Gasteiger partial charge on any atom is 0.317 e. The molecule has 0 bridgehead atoms. The lowest BCUT2D eigenvalue weighted by atomic mass is 10.1. The Balaban J connectivity index is 4.11. The van der Waals surface area contributed by atoms with Crippen molar-refractivity contribution in [2.24, 2.45) is 5.73 Å². The number of aliphatic carboxylic acids is 3. The van der Waals surface area contributed by atoms with Crippen LogP contribution in [0.4, 0.5) is 0 Å². The Morgan fingerprint density at radius 3 is 1.83 bits per heavy atom. The van der Waals surface area contributed by atoms with Crippen LogP contribution in [0.3, 0.4) is 0 Å². The molecule has 0 aromatic carbocycles. The van der Waals surface area contributed by atoms with Gasteiger partial charge in [-0.05, 0) is 19.3 Å². The molecule has 0 aliphatic rings. The first-order valence-electron chi connectivity index (χ1n) is 5.48. The molecule has 0 aromatic heterocycles. The van der Waals surface area contributed by atoms with Gasteiger partial charge in [-0.3, -0.25) is 19.3 Å². The number of rotatable bonds is 10. The molecule has 0 radical (unpaired) electrons. The van der Waals surface area contributed by atoms with E-state index in [1.165, 1.54) is 0 Å². The first kappa shape index (κ1) is 16.3. The van der Waals surface area contributed by atoms with Gasteiger partial charge in [0.25, 0.3) is 0 Å². The highest BCUT2D eigenvalue weighted by Gasteiger charge is 2.19. The average Bonchev–Trinajstić information content (AvgIpc) is 2.21. The van der Waals surface area contributed by atoms with E-state index in [1.807, 2.05) is 0 Å². The second kappa shape index (κ2) is 8.43. The summed E-state index contributed by atoms with van der Waals surface area (Å²) in [7, 11) is 0. The third kappa shape index (κ3) is 8.48. The Bertz CT molecular complexity index is 291. The SMILES string of the molecule is NC(CCCCC(=O)O)N(CC(=O)O)CC(=O)O. The Labute approximate surface area is 104 Å². The lowest BCUT2D eigenvalue weighted by molar-refractivity contribution is -0.143. The fraction of sp³-hybridized carbons (Fsp3) is 0.700. The molecule has 1 atom stereocenters. The van der Waals surface area contributed by atoms with Crippen molar-refractivity contribution in [2.75, 3.05) is 13.1 Å². The Kier molecular flexibility index (Phi) is 7.64. The summed E-state index contributed by atoms with van der Waals surface area (Å²) < 4.78 is 0. The van der Waals surface area contributed by atoms with Crippen LogP contribution < -0.4 is 5.73 Å². The number of hydrogen-bond donors (Lipinski definition) is 4. The zero-order chi connectivity index (χ0) is 14.1. The van der Waals surface area contributed by atoms with Crippen molar-refractivity contribution < 1.29 is 29.7 Å². The topological polar surface area (TPSA) is 141 Å². The van der Waals surface area contributed by atoms with E-state index in [9.17, 15) is 14.4 Å².